The number of fused-ring (bicyclic) bond motifs is 6. The van der Waals surface area contributed by atoms with E-state index in [9.17, 15) is 0 Å². The maximum atomic E-state index is 15.7. The Bertz CT molecular complexity index is 2970. The molecule has 278 valence electrons. The van der Waals surface area contributed by atoms with Gasteiger partial charge in [-0.2, -0.15) is 13.2 Å². The van der Waals surface area contributed by atoms with Crippen molar-refractivity contribution >= 4 is 43.6 Å². The summed E-state index contributed by atoms with van der Waals surface area (Å²) in [5.74, 6) is 0. The Balaban J connectivity index is 1.48. The third-order valence-corrected chi connectivity index (χ3v) is 11.1. The standard InChI is InChI=1S/C50H42F3N3/c1-48(2,3)32-23-25-36-34-17-10-12-21-42(34)55(44(36)27-32)46-29-38(41-20-14-19-40(54-41)31-15-8-7-9-16-31)39(50(51,52)53)30-47(46)56-43-22-13-11-18-35(43)37-26-24-33(28-45(37)56)49(4,5)6/h7-30H,1-6H3. The second-order valence-electron chi connectivity index (χ2n) is 16.8. The van der Waals surface area contributed by atoms with E-state index in [1.54, 1.807) is 18.2 Å². The number of pyridine rings is 1. The Labute approximate surface area is 324 Å². The second kappa shape index (κ2) is 12.7. The van der Waals surface area contributed by atoms with Crippen LogP contribution in [-0.4, -0.2) is 14.1 Å². The highest BCUT2D eigenvalue weighted by atomic mass is 19.4. The lowest BCUT2D eigenvalue weighted by Crippen LogP contribution is -2.13. The molecule has 0 atom stereocenters. The molecule has 3 aromatic heterocycles. The van der Waals surface area contributed by atoms with E-state index in [-0.39, 0.29) is 22.1 Å². The Morgan fingerprint density at radius 2 is 0.893 bits per heavy atom. The molecule has 9 aromatic rings. The van der Waals surface area contributed by atoms with Crippen molar-refractivity contribution in [1.82, 2.24) is 14.1 Å². The molecule has 0 N–H and O–H groups in total. The Morgan fingerprint density at radius 3 is 1.41 bits per heavy atom. The molecule has 0 fully saturated rings. The van der Waals surface area contributed by atoms with Gasteiger partial charge in [-0.25, -0.2) is 4.98 Å². The summed E-state index contributed by atoms with van der Waals surface area (Å²) in [7, 11) is 0. The monoisotopic (exact) mass is 741 g/mol. The molecular formula is C50H42F3N3. The normalized spacial score (nSPS) is 12.7. The fourth-order valence-corrected chi connectivity index (χ4v) is 8.13. The van der Waals surface area contributed by atoms with Crippen LogP contribution in [0.2, 0.25) is 0 Å². The molecule has 3 nitrogen and oxygen atoms in total. The van der Waals surface area contributed by atoms with Crippen molar-refractivity contribution in [3.8, 4) is 33.9 Å². The fourth-order valence-electron chi connectivity index (χ4n) is 8.13. The van der Waals surface area contributed by atoms with E-state index < -0.39 is 11.7 Å². The van der Waals surface area contributed by atoms with Crippen molar-refractivity contribution in [2.45, 2.75) is 58.5 Å². The smallest absolute Gasteiger partial charge is 0.307 e. The number of nitrogens with zero attached hydrogens (tertiary/aromatic N) is 3. The van der Waals surface area contributed by atoms with Crippen LogP contribution in [0.4, 0.5) is 13.2 Å². The Kier molecular flexibility index (Phi) is 8.07. The van der Waals surface area contributed by atoms with Gasteiger partial charge in [-0.15, -0.1) is 0 Å². The molecule has 0 unspecified atom stereocenters. The van der Waals surface area contributed by atoms with Crippen LogP contribution in [0, 0.1) is 0 Å². The van der Waals surface area contributed by atoms with Crippen LogP contribution >= 0.6 is 0 Å². The molecule has 3 heterocycles. The number of rotatable bonds is 4. The van der Waals surface area contributed by atoms with Gasteiger partial charge in [0, 0.05) is 32.7 Å². The van der Waals surface area contributed by atoms with Crippen molar-refractivity contribution in [3.05, 3.63) is 162 Å². The lowest BCUT2D eigenvalue weighted by atomic mass is 9.86. The number of benzene rings is 6. The van der Waals surface area contributed by atoms with Gasteiger partial charge in [0.2, 0.25) is 0 Å². The topological polar surface area (TPSA) is 22.8 Å². The lowest BCUT2D eigenvalue weighted by Gasteiger charge is -2.23. The first-order chi connectivity index (χ1) is 26.7. The number of halogens is 3. The molecule has 0 radical (unpaired) electrons. The third-order valence-electron chi connectivity index (χ3n) is 11.1. The molecule has 6 heteroatoms. The zero-order valence-electron chi connectivity index (χ0n) is 32.3. The van der Waals surface area contributed by atoms with Crippen molar-refractivity contribution in [1.29, 1.82) is 0 Å². The summed E-state index contributed by atoms with van der Waals surface area (Å²) in [4.78, 5) is 4.90. The van der Waals surface area contributed by atoms with Crippen molar-refractivity contribution < 1.29 is 13.2 Å². The van der Waals surface area contributed by atoms with E-state index >= 15 is 13.2 Å². The van der Waals surface area contributed by atoms with Gasteiger partial charge in [-0.05, 0) is 70.5 Å². The zero-order chi connectivity index (χ0) is 39.1. The number of aromatic nitrogens is 3. The summed E-state index contributed by atoms with van der Waals surface area (Å²) >= 11 is 0. The highest BCUT2D eigenvalue weighted by Crippen LogP contribution is 2.45. The van der Waals surface area contributed by atoms with Crippen molar-refractivity contribution in [2.24, 2.45) is 0 Å². The van der Waals surface area contributed by atoms with Crippen LogP contribution in [0.15, 0.2) is 146 Å². The van der Waals surface area contributed by atoms with E-state index in [2.05, 4.69) is 101 Å². The first-order valence-corrected chi connectivity index (χ1v) is 19.0. The van der Waals surface area contributed by atoms with Gasteiger partial charge in [0.15, 0.2) is 0 Å². The lowest BCUT2D eigenvalue weighted by molar-refractivity contribution is -0.137. The van der Waals surface area contributed by atoms with E-state index in [1.807, 2.05) is 71.3 Å². The fraction of sp³-hybridized carbons (Fsp3) is 0.180. The van der Waals surface area contributed by atoms with Gasteiger partial charge in [0.1, 0.15) is 0 Å². The average Bonchev–Trinajstić information content (AvgIpc) is 3.69. The molecule has 9 rings (SSSR count). The summed E-state index contributed by atoms with van der Waals surface area (Å²) < 4.78 is 51.4. The summed E-state index contributed by atoms with van der Waals surface area (Å²) in [5, 5.41) is 4.01. The summed E-state index contributed by atoms with van der Waals surface area (Å²) in [6, 6.07) is 47.0. The van der Waals surface area contributed by atoms with Crippen molar-refractivity contribution in [3.63, 3.8) is 0 Å². The molecule has 0 amide bonds. The molecule has 0 bridgehead atoms. The quantitative estimate of drug-likeness (QED) is 0.176. The number of alkyl halides is 3. The van der Waals surface area contributed by atoms with Crippen LogP contribution in [0.1, 0.15) is 58.2 Å². The molecule has 0 aliphatic carbocycles. The molecule has 0 saturated carbocycles. The number of hydrogen-bond acceptors (Lipinski definition) is 1. The average molecular weight is 742 g/mol. The highest BCUT2D eigenvalue weighted by Gasteiger charge is 2.36. The summed E-state index contributed by atoms with van der Waals surface area (Å²) in [6.07, 6.45) is -4.69. The first-order valence-electron chi connectivity index (χ1n) is 19.0. The van der Waals surface area contributed by atoms with Gasteiger partial charge in [-0.3, -0.25) is 0 Å². The Morgan fingerprint density at radius 1 is 0.429 bits per heavy atom. The molecule has 0 spiro atoms. The highest BCUT2D eigenvalue weighted by molar-refractivity contribution is 6.12. The zero-order valence-corrected chi connectivity index (χ0v) is 32.3. The van der Waals surface area contributed by atoms with Crippen molar-refractivity contribution in [2.75, 3.05) is 0 Å². The largest absolute Gasteiger partial charge is 0.417 e. The first kappa shape index (κ1) is 35.6. The molecule has 0 saturated heterocycles. The summed E-state index contributed by atoms with van der Waals surface area (Å²) in [5.41, 5.74) is 7.39. The maximum Gasteiger partial charge on any atom is 0.417 e. The maximum absolute atomic E-state index is 15.7. The molecular weight excluding hydrogens is 700 g/mol. The van der Waals surface area contributed by atoms with Crippen LogP contribution in [0.3, 0.4) is 0 Å². The van der Waals surface area contributed by atoms with Gasteiger partial charge >= 0.3 is 6.18 Å². The third kappa shape index (κ3) is 5.87. The molecule has 6 aromatic carbocycles. The predicted molar refractivity (Wildman–Crippen MR) is 226 cm³/mol. The molecule has 0 aliphatic rings. The van der Waals surface area contributed by atoms with E-state index in [0.29, 0.717) is 17.1 Å². The van der Waals surface area contributed by atoms with Gasteiger partial charge < -0.3 is 9.13 Å². The van der Waals surface area contributed by atoms with Crippen LogP contribution in [0.5, 0.6) is 0 Å². The van der Waals surface area contributed by atoms with Gasteiger partial charge in [0.25, 0.3) is 0 Å². The minimum Gasteiger partial charge on any atom is -0.307 e. The molecule has 0 aliphatic heterocycles. The Hall–Kier alpha value is -6.14. The van der Waals surface area contributed by atoms with Gasteiger partial charge in [-0.1, -0.05) is 139 Å². The second-order valence-corrected chi connectivity index (χ2v) is 16.8. The van der Waals surface area contributed by atoms with E-state index in [0.717, 1.165) is 60.3 Å². The minimum absolute atomic E-state index is 0.0167. The minimum atomic E-state index is -4.69. The predicted octanol–water partition coefficient (Wildman–Crippen LogP) is 14.2. The number of para-hydroxylation sites is 2. The van der Waals surface area contributed by atoms with Crippen LogP contribution in [0.25, 0.3) is 77.5 Å². The van der Waals surface area contributed by atoms with E-state index in [4.69, 9.17) is 4.98 Å². The van der Waals surface area contributed by atoms with Crippen LogP contribution < -0.4 is 0 Å². The number of hydrogen-bond donors (Lipinski definition) is 0. The summed E-state index contributed by atoms with van der Waals surface area (Å²) in [6.45, 7) is 13.0. The SMILES string of the molecule is CC(C)(C)c1ccc2c3ccccc3n(-c3cc(-c4cccc(-c5ccccc5)n4)c(C(F)(F)F)cc3-n3c4ccccc4c4ccc(C(C)(C)C)cc43)c2c1. The van der Waals surface area contributed by atoms with E-state index in [1.165, 1.54) is 6.07 Å². The molecule has 56 heavy (non-hydrogen) atoms. The van der Waals surface area contributed by atoms with Crippen LogP contribution in [-0.2, 0) is 17.0 Å². The van der Waals surface area contributed by atoms with Gasteiger partial charge in [0.05, 0.1) is 50.4 Å².